The van der Waals surface area contributed by atoms with Crippen LogP contribution in [0.25, 0.3) is 5.57 Å². The number of hydrogen-bond acceptors (Lipinski definition) is 6. The Morgan fingerprint density at radius 2 is 1.68 bits per heavy atom. The standard InChI is InChI=1S/C30H39N3O6S/c1-7-32(8-2)27(34)22-11-9-21(10-12-22)25-20-30(15-17-33(18-16-30)28(35)39-29(3,4)5)38-26-14-13-23(19-24(25)26)31-40(6,36)37/h9-14,19-20,31H,7-8,15-18H2,1-6H3. The molecule has 0 atom stereocenters. The number of hydrogen-bond donors (Lipinski definition) is 1. The molecule has 1 spiro atoms. The Kier molecular flexibility index (Phi) is 8.21. The van der Waals surface area contributed by atoms with Crippen LogP contribution in [0.2, 0.25) is 0 Å². The quantitative estimate of drug-likeness (QED) is 0.517. The SMILES string of the molecule is CCN(CC)C(=O)c1ccc(C2=CC3(CCN(C(=O)OC(C)(C)C)CC3)Oc3ccc(NS(C)(=O)=O)cc32)cc1. The molecule has 1 N–H and O–H groups in total. The lowest BCUT2D eigenvalue weighted by Crippen LogP contribution is -2.50. The molecule has 10 heteroatoms. The van der Waals surface area contributed by atoms with Crippen LogP contribution in [0, 0.1) is 0 Å². The number of anilines is 1. The third-order valence-corrected chi connectivity index (χ3v) is 7.66. The van der Waals surface area contributed by atoms with Crippen LogP contribution in [0.15, 0.2) is 48.5 Å². The van der Waals surface area contributed by atoms with Crippen LogP contribution >= 0.6 is 0 Å². The predicted octanol–water partition coefficient (Wildman–Crippen LogP) is 5.13. The molecule has 0 radical (unpaired) electrons. The molecule has 0 bridgehead atoms. The van der Waals surface area contributed by atoms with E-state index in [0.717, 1.165) is 23.0 Å². The molecule has 4 rings (SSSR count). The third-order valence-electron chi connectivity index (χ3n) is 7.05. The van der Waals surface area contributed by atoms with Gasteiger partial charge in [-0.25, -0.2) is 13.2 Å². The molecule has 2 aliphatic heterocycles. The van der Waals surface area contributed by atoms with E-state index in [2.05, 4.69) is 10.8 Å². The van der Waals surface area contributed by atoms with Crippen molar-refractivity contribution < 1.29 is 27.5 Å². The predicted molar refractivity (Wildman–Crippen MR) is 156 cm³/mol. The van der Waals surface area contributed by atoms with E-state index in [1.807, 2.05) is 58.9 Å². The molecule has 0 aromatic heterocycles. The fourth-order valence-electron chi connectivity index (χ4n) is 5.06. The van der Waals surface area contributed by atoms with Crippen LogP contribution in [-0.4, -0.2) is 73.9 Å². The summed E-state index contributed by atoms with van der Waals surface area (Å²) in [7, 11) is -3.47. The molecular weight excluding hydrogens is 530 g/mol. The van der Waals surface area contributed by atoms with E-state index in [1.54, 1.807) is 28.0 Å². The summed E-state index contributed by atoms with van der Waals surface area (Å²) in [4.78, 5) is 29.0. The summed E-state index contributed by atoms with van der Waals surface area (Å²) >= 11 is 0. The monoisotopic (exact) mass is 569 g/mol. The second-order valence-corrected chi connectivity index (χ2v) is 13.1. The molecule has 1 saturated heterocycles. The summed E-state index contributed by atoms with van der Waals surface area (Å²) in [5, 5.41) is 0. The number of carbonyl (C=O) groups excluding carboxylic acids is 2. The van der Waals surface area contributed by atoms with E-state index >= 15 is 0 Å². The number of piperidine rings is 1. The summed E-state index contributed by atoms with van der Waals surface area (Å²) in [5.74, 6) is 0.606. The molecule has 0 saturated carbocycles. The summed E-state index contributed by atoms with van der Waals surface area (Å²) in [6.45, 7) is 11.7. The molecule has 0 aliphatic carbocycles. The molecule has 2 aromatic carbocycles. The number of likely N-dealkylation sites (tertiary alicyclic amines) is 1. The van der Waals surface area contributed by atoms with Crippen molar-refractivity contribution >= 4 is 33.3 Å². The Morgan fingerprint density at radius 3 is 2.23 bits per heavy atom. The Labute approximate surface area is 237 Å². The van der Waals surface area contributed by atoms with Crippen molar-refractivity contribution in [1.82, 2.24) is 9.80 Å². The maximum absolute atomic E-state index is 12.9. The molecule has 0 unspecified atom stereocenters. The molecule has 1 fully saturated rings. The topological polar surface area (TPSA) is 105 Å². The number of nitrogens with one attached hydrogen (secondary N) is 1. The van der Waals surface area contributed by atoms with Crippen molar-refractivity contribution in [2.45, 2.75) is 58.7 Å². The smallest absolute Gasteiger partial charge is 0.410 e. The number of benzene rings is 2. The molecular formula is C30H39N3O6S. The van der Waals surface area contributed by atoms with Crippen LogP contribution < -0.4 is 9.46 Å². The maximum atomic E-state index is 12.9. The van der Waals surface area contributed by atoms with Gasteiger partial charge in [-0.3, -0.25) is 9.52 Å². The fourth-order valence-corrected chi connectivity index (χ4v) is 5.62. The molecule has 2 aliphatic rings. The molecule has 40 heavy (non-hydrogen) atoms. The minimum atomic E-state index is -3.47. The Balaban J connectivity index is 1.69. The zero-order chi connectivity index (χ0) is 29.3. The Hall–Kier alpha value is -3.53. The van der Waals surface area contributed by atoms with Gasteiger partial charge in [0.05, 0.1) is 6.26 Å². The second-order valence-electron chi connectivity index (χ2n) is 11.3. The minimum absolute atomic E-state index is 0.0245. The maximum Gasteiger partial charge on any atom is 0.410 e. The first-order chi connectivity index (χ1) is 18.7. The average Bonchev–Trinajstić information content (AvgIpc) is 2.88. The van der Waals surface area contributed by atoms with Crippen molar-refractivity contribution in [3.63, 3.8) is 0 Å². The summed E-state index contributed by atoms with van der Waals surface area (Å²) in [5.41, 5.74) is 2.32. The number of nitrogens with zero attached hydrogens (tertiary/aromatic N) is 2. The normalized spacial score (nSPS) is 16.4. The lowest BCUT2D eigenvalue weighted by molar-refractivity contribution is -0.00117. The average molecular weight is 570 g/mol. The van der Waals surface area contributed by atoms with Crippen LogP contribution in [0.5, 0.6) is 5.75 Å². The van der Waals surface area contributed by atoms with Gasteiger partial charge in [0.2, 0.25) is 10.0 Å². The Bertz CT molecular complexity index is 1400. The van der Waals surface area contributed by atoms with Crippen molar-refractivity contribution in [3.05, 3.63) is 65.2 Å². The highest BCUT2D eigenvalue weighted by Gasteiger charge is 2.41. The van der Waals surface area contributed by atoms with E-state index in [4.69, 9.17) is 9.47 Å². The highest BCUT2D eigenvalue weighted by Crippen LogP contribution is 2.44. The van der Waals surface area contributed by atoms with E-state index < -0.39 is 21.2 Å². The van der Waals surface area contributed by atoms with E-state index in [0.29, 0.717) is 56.0 Å². The first-order valence-electron chi connectivity index (χ1n) is 13.6. The molecule has 216 valence electrons. The first-order valence-corrected chi connectivity index (χ1v) is 15.5. The first kappa shape index (κ1) is 29.5. The number of ether oxygens (including phenoxy) is 2. The molecule has 9 nitrogen and oxygen atoms in total. The number of sulfonamides is 1. The van der Waals surface area contributed by atoms with Gasteiger partial charge in [0.15, 0.2) is 0 Å². The van der Waals surface area contributed by atoms with Crippen LogP contribution in [-0.2, 0) is 14.8 Å². The lowest BCUT2D eigenvalue weighted by atomic mass is 9.82. The lowest BCUT2D eigenvalue weighted by Gasteiger charge is -2.43. The second kappa shape index (κ2) is 11.2. The van der Waals surface area contributed by atoms with Crippen molar-refractivity contribution in [1.29, 1.82) is 0 Å². The van der Waals surface area contributed by atoms with Crippen LogP contribution in [0.3, 0.4) is 0 Å². The summed E-state index contributed by atoms with van der Waals surface area (Å²) in [6, 6.07) is 12.7. The van der Waals surface area contributed by atoms with Crippen molar-refractivity contribution in [2.75, 3.05) is 37.2 Å². The van der Waals surface area contributed by atoms with E-state index in [1.165, 1.54) is 0 Å². The molecule has 2 heterocycles. The highest BCUT2D eigenvalue weighted by atomic mass is 32.2. The number of amides is 2. The van der Waals surface area contributed by atoms with Gasteiger partial charge in [0.25, 0.3) is 5.91 Å². The third kappa shape index (κ3) is 6.78. The van der Waals surface area contributed by atoms with E-state index in [9.17, 15) is 18.0 Å². The number of rotatable bonds is 6. The van der Waals surface area contributed by atoms with Gasteiger partial charge in [-0.1, -0.05) is 12.1 Å². The number of fused-ring (bicyclic) bond motifs is 1. The van der Waals surface area contributed by atoms with Gasteiger partial charge < -0.3 is 19.3 Å². The van der Waals surface area contributed by atoms with Gasteiger partial charge in [0, 0.05) is 55.8 Å². The van der Waals surface area contributed by atoms with E-state index in [-0.39, 0.29) is 12.0 Å². The van der Waals surface area contributed by atoms with Gasteiger partial charge in [-0.2, -0.15) is 0 Å². The van der Waals surface area contributed by atoms with Gasteiger partial charge in [-0.15, -0.1) is 0 Å². The largest absolute Gasteiger partial charge is 0.482 e. The van der Waals surface area contributed by atoms with Crippen molar-refractivity contribution in [3.8, 4) is 5.75 Å². The van der Waals surface area contributed by atoms with Gasteiger partial charge in [0.1, 0.15) is 17.0 Å². The Morgan fingerprint density at radius 1 is 1.05 bits per heavy atom. The molecule has 2 aromatic rings. The van der Waals surface area contributed by atoms with Crippen molar-refractivity contribution in [2.24, 2.45) is 0 Å². The highest BCUT2D eigenvalue weighted by molar-refractivity contribution is 7.92. The van der Waals surface area contributed by atoms with Crippen LogP contribution in [0.4, 0.5) is 10.5 Å². The van der Waals surface area contributed by atoms with Gasteiger partial charge >= 0.3 is 6.09 Å². The zero-order valence-corrected chi connectivity index (χ0v) is 24.9. The molecule has 2 amide bonds. The van der Waals surface area contributed by atoms with Gasteiger partial charge in [-0.05, 0) is 82.2 Å². The zero-order valence-electron chi connectivity index (χ0n) is 24.1. The number of carbonyl (C=O) groups is 2. The fraction of sp³-hybridized carbons (Fsp3) is 0.467. The minimum Gasteiger partial charge on any atom is -0.482 e. The summed E-state index contributed by atoms with van der Waals surface area (Å²) < 4.78 is 38.5. The summed E-state index contributed by atoms with van der Waals surface area (Å²) in [6.07, 6.45) is 3.98. The van der Waals surface area contributed by atoms with Crippen LogP contribution in [0.1, 0.15) is 68.9 Å².